The number of aromatic nitrogens is 1. The second-order valence-corrected chi connectivity index (χ2v) is 9.20. The maximum absolute atomic E-state index is 12.8. The molecule has 0 radical (unpaired) electrons. The van der Waals surface area contributed by atoms with Crippen LogP contribution in [0.4, 0.5) is 0 Å². The third-order valence-corrected chi connectivity index (χ3v) is 6.96. The molecule has 0 fully saturated rings. The van der Waals surface area contributed by atoms with Crippen molar-refractivity contribution in [3.05, 3.63) is 89.2 Å². The SMILES string of the molecule is N#Cc1ccc([AsH]C(=O)c2onc3cc(OCc4ccccc4)ccc23)c(C(=O)O)c1. The molecule has 0 aliphatic heterocycles. The summed E-state index contributed by atoms with van der Waals surface area (Å²) in [4.78, 5) is 24.4. The molecule has 0 saturated carbocycles. The van der Waals surface area contributed by atoms with Crippen molar-refractivity contribution in [2.75, 3.05) is 0 Å². The number of benzene rings is 3. The molecule has 0 amide bonds. The summed E-state index contributed by atoms with van der Waals surface area (Å²) >= 11 is -1.54. The van der Waals surface area contributed by atoms with E-state index < -0.39 is 21.7 Å². The number of fused-ring (bicyclic) bond motifs is 1. The molecule has 0 spiro atoms. The second kappa shape index (κ2) is 8.86. The molecule has 0 aliphatic carbocycles. The first-order valence-corrected chi connectivity index (χ1v) is 11.3. The Morgan fingerprint density at radius 2 is 1.90 bits per heavy atom. The van der Waals surface area contributed by atoms with Crippen LogP contribution in [0.3, 0.4) is 0 Å². The number of carboxylic acid groups (broad SMARTS) is 1. The first kappa shape index (κ1) is 20.4. The fourth-order valence-electron chi connectivity index (χ4n) is 3.00. The van der Waals surface area contributed by atoms with E-state index in [9.17, 15) is 14.7 Å². The zero-order chi connectivity index (χ0) is 21.8. The van der Waals surface area contributed by atoms with E-state index in [1.165, 1.54) is 18.2 Å². The van der Waals surface area contributed by atoms with Gasteiger partial charge in [-0.05, 0) is 0 Å². The van der Waals surface area contributed by atoms with Crippen molar-refractivity contribution >= 4 is 41.5 Å². The third kappa shape index (κ3) is 4.50. The molecule has 1 heterocycles. The summed E-state index contributed by atoms with van der Waals surface area (Å²) in [5, 5.41) is 22.9. The summed E-state index contributed by atoms with van der Waals surface area (Å²) in [5.74, 6) is -0.475. The van der Waals surface area contributed by atoms with Crippen LogP contribution in [0.5, 0.6) is 5.75 Å². The number of hydrogen-bond donors (Lipinski definition) is 1. The Kier molecular flexibility index (Phi) is 5.83. The van der Waals surface area contributed by atoms with Crippen molar-refractivity contribution in [3.63, 3.8) is 0 Å². The van der Waals surface area contributed by atoms with Gasteiger partial charge in [0, 0.05) is 0 Å². The number of rotatable bonds is 7. The molecule has 3 aromatic carbocycles. The zero-order valence-electron chi connectivity index (χ0n) is 16.0. The van der Waals surface area contributed by atoms with Crippen molar-refractivity contribution < 1.29 is 24.0 Å². The Morgan fingerprint density at radius 1 is 1.10 bits per heavy atom. The minimum absolute atomic E-state index is 0.0344. The van der Waals surface area contributed by atoms with E-state index in [-0.39, 0.29) is 21.5 Å². The molecule has 0 saturated heterocycles. The van der Waals surface area contributed by atoms with Crippen LogP contribution < -0.4 is 9.09 Å². The third-order valence-electron chi connectivity index (χ3n) is 4.53. The first-order valence-electron chi connectivity index (χ1n) is 9.20. The van der Waals surface area contributed by atoms with Crippen molar-refractivity contribution in [1.82, 2.24) is 5.16 Å². The fraction of sp³-hybridized carbons (Fsp3) is 0.0435. The molecule has 31 heavy (non-hydrogen) atoms. The Labute approximate surface area is 183 Å². The number of carboxylic acids is 1. The number of carbonyl (C=O) groups is 2. The van der Waals surface area contributed by atoms with Crippen LogP contribution in [0.15, 0.2) is 71.3 Å². The molecule has 0 bridgehead atoms. The molecule has 152 valence electrons. The van der Waals surface area contributed by atoms with Gasteiger partial charge in [0.15, 0.2) is 0 Å². The molecule has 1 aromatic heterocycles. The summed E-state index contributed by atoms with van der Waals surface area (Å²) in [6, 6.07) is 21.1. The summed E-state index contributed by atoms with van der Waals surface area (Å²) < 4.78 is 11.2. The molecule has 4 rings (SSSR count). The average Bonchev–Trinajstić information content (AvgIpc) is 3.22. The van der Waals surface area contributed by atoms with Crippen LogP contribution in [0.25, 0.3) is 10.9 Å². The van der Waals surface area contributed by atoms with Gasteiger partial charge < -0.3 is 0 Å². The number of carbonyl (C=O) groups excluding carboxylic acids is 1. The van der Waals surface area contributed by atoms with Crippen LogP contribution in [-0.2, 0) is 6.61 Å². The first-order chi connectivity index (χ1) is 15.0. The number of ether oxygens (including phenoxy) is 1. The predicted molar refractivity (Wildman–Crippen MR) is 114 cm³/mol. The minimum atomic E-state index is -1.54. The number of aromatic carboxylic acids is 1. The Morgan fingerprint density at radius 3 is 2.65 bits per heavy atom. The number of hydrogen-bond acceptors (Lipinski definition) is 6. The summed E-state index contributed by atoms with van der Waals surface area (Å²) in [6.45, 7) is 0.402. The van der Waals surface area contributed by atoms with Crippen molar-refractivity contribution in [2.45, 2.75) is 6.61 Å². The van der Waals surface area contributed by atoms with Crippen LogP contribution in [0, 0.1) is 11.3 Å². The van der Waals surface area contributed by atoms with E-state index in [0.29, 0.717) is 27.6 Å². The normalized spacial score (nSPS) is 10.9. The van der Waals surface area contributed by atoms with Gasteiger partial charge in [0.2, 0.25) is 0 Å². The molecular formula is C23H15AsN2O5. The van der Waals surface area contributed by atoms with Crippen LogP contribution >= 0.6 is 0 Å². The molecule has 1 unspecified atom stereocenters. The van der Waals surface area contributed by atoms with Gasteiger partial charge in [0.05, 0.1) is 0 Å². The van der Waals surface area contributed by atoms with E-state index in [2.05, 4.69) is 5.16 Å². The van der Waals surface area contributed by atoms with E-state index in [1.54, 1.807) is 18.2 Å². The monoisotopic (exact) mass is 474 g/mol. The standard InChI is InChI=1S/C23H15AsN2O5/c25-12-15-6-9-19(18(10-15)23(28)29)24-22(27)21-17-8-7-16(11-20(17)26-31-21)30-13-14-4-2-1-3-5-14/h1-11,24H,13H2,(H,28,29). The van der Waals surface area contributed by atoms with E-state index in [1.807, 2.05) is 36.4 Å². The summed E-state index contributed by atoms with van der Waals surface area (Å²) in [5.41, 5.74) is 1.71. The average molecular weight is 474 g/mol. The van der Waals surface area contributed by atoms with E-state index in [4.69, 9.17) is 14.5 Å². The van der Waals surface area contributed by atoms with E-state index in [0.717, 1.165) is 5.56 Å². The van der Waals surface area contributed by atoms with Gasteiger partial charge in [-0.25, -0.2) is 0 Å². The van der Waals surface area contributed by atoms with Gasteiger partial charge in [-0.1, -0.05) is 0 Å². The van der Waals surface area contributed by atoms with Gasteiger partial charge in [0.1, 0.15) is 0 Å². The van der Waals surface area contributed by atoms with Crippen LogP contribution in [0.1, 0.15) is 32.0 Å². The molecule has 8 heteroatoms. The number of nitrogens with zero attached hydrogens (tertiary/aromatic N) is 2. The van der Waals surface area contributed by atoms with Crippen LogP contribution in [0.2, 0.25) is 0 Å². The molecule has 0 aliphatic rings. The zero-order valence-corrected chi connectivity index (χ0v) is 18.1. The quantitative estimate of drug-likeness (QED) is 0.410. The van der Waals surface area contributed by atoms with Crippen molar-refractivity contribution in [3.8, 4) is 11.8 Å². The number of nitriles is 1. The van der Waals surface area contributed by atoms with Gasteiger partial charge in [0.25, 0.3) is 0 Å². The van der Waals surface area contributed by atoms with E-state index >= 15 is 0 Å². The Hall–Kier alpha value is -3.88. The van der Waals surface area contributed by atoms with Crippen LogP contribution in [-0.4, -0.2) is 36.6 Å². The van der Waals surface area contributed by atoms with Gasteiger partial charge >= 0.3 is 184 Å². The molecule has 7 nitrogen and oxygen atoms in total. The summed E-state index contributed by atoms with van der Waals surface area (Å²) in [7, 11) is 0. The Bertz CT molecular complexity index is 1330. The van der Waals surface area contributed by atoms with Gasteiger partial charge in [-0.2, -0.15) is 0 Å². The topological polar surface area (TPSA) is 113 Å². The Balaban J connectivity index is 1.54. The van der Waals surface area contributed by atoms with Crippen molar-refractivity contribution in [2.24, 2.45) is 0 Å². The molecule has 1 atom stereocenters. The summed E-state index contributed by atoms with van der Waals surface area (Å²) in [6.07, 6.45) is 0. The predicted octanol–water partition coefficient (Wildman–Crippen LogP) is 2.88. The maximum atomic E-state index is 12.8. The van der Waals surface area contributed by atoms with Gasteiger partial charge in [-0.15, -0.1) is 0 Å². The van der Waals surface area contributed by atoms with Gasteiger partial charge in [-0.3, -0.25) is 0 Å². The second-order valence-electron chi connectivity index (χ2n) is 6.60. The molecule has 1 N–H and O–H groups in total. The molecular weight excluding hydrogens is 459 g/mol. The van der Waals surface area contributed by atoms with Crippen molar-refractivity contribution in [1.29, 1.82) is 5.26 Å². The fourth-order valence-corrected chi connectivity index (χ4v) is 5.13. The molecule has 4 aromatic rings.